The Bertz CT molecular complexity index is 4220. The molecular weight excluding hydrogens is 1560 g/mol. The lowest BCUT2D eigenvalue weighted by molar-refractivity contribution is -0.275. The molecule has 0 radical (unpaired) electrons. The molecule has 8 nitrogen and oxygen atoms in total. The van der Waals surface area contributed by atoms with E-state index in [1.807, 2.05) is 88.4 Å². The molecule has 10 aromatic carbocycles. The van der Waals surface area contributed by atoms with Crippen molar-refractivity contribution in [1.29, 1.82) is 0 Å². The SMILES string of the molecule is CCc1ccc(C(F)(F)F)cc1.CCc1ccc(OC(F)(F)F)cc1.CCc1ccc(OC)c(OC)c1.CCc1ccc(OC)cc1.CCc1cccc(C(F)(F)F)c1.CCc1cccc(OC(F)(F)F)c1.CCc1cccc(OC)c1.CCc1ccccc1C(F)(F)F.CCc1ccccc1OC.CCc1ccccc1OC(F)(F)F. The molecule has 117 heavy (non-hydrogen) atoms. The van der Waals surface area contributed by atoms with Crippen LogP contribution in [0.1, 0.15) is 142 Å². The van der Waals surface area contributed by atoms with Gasteiger partial charge in [0.1, 0.15) is 34.5 Å². The fourth-order valence-corrected chi connectivity index (χ4v) is 9.76. The Labute approximate surface area is 675 Å². The van der Waals surface area contributed by atoms with Crippen LogP contribution >= 0.6 is 0 Å². The molecule has 0 atom stereocenters. The van der Waals surface area contributed by atoms with Crippen LogP contribution in [0.2, 0.25) is 0 Å². The Morgan fingerprint density at radius 2 is 0.538 bits per heavy atom. The van der Waals surface area contributed by atoms with Gasteiger partial charge in [0.15, 0.2) is 11.5 Å². The summed E-state index contributed by atoms with van der Waals surface area (Å²) in [6, 6.07) is 64.5. The average molecular weight is 1670 g/mol. The third-order valence-corrected chi connectivity index (χ3v) is 16.3. The fraction of sp³-hybridized carbons (Fsp3) is 0.341. The van der Waals surface area contributed by atoms with Crippen LogP contribution in [0.3, 0.4) is 0 Å². The highest BCUT2D eigenvalue weighted by Gasteiger charge is 2.35. The van der Waals surface area contributed by atoms with Crippen molar-refractivity contribution in [2.24, 2.45) is 0 Å². The molecule has 0 spiro atoms. The van der Waals surface area contributed by atoms with Crippen molar-refractivity contribution in [2.75, 3.05) is 35.5 Å². The first-order chi connectivity index (χ1) is 55.1. The maximum absolute atomic E-state index is 12.2. The molecule has 0 aliphatic rings. The van der Waals surface area contributed by atoms with Gasteiger partial charge in [-0.2, -0.15) is 39.5 Å². The fourth-order valence-electron chi connectivity index (χ4n) is 9.76. The van der Waals surface area contributed by atoms with Crippen molar-refractivity contribution in [3.63, 3.8) is 0 Å². The first-order valence-electron chi connectivity index (χ1n) is 37.2. The van der Waals surface area contributed by atoms with Gasteiger partial charge in [-0.1, -0.05) is 209 Å². The third-order valence-electron chi connectivity index (χ3n) is 16.3. The average Bonchev–Trinajstić information content (AvgIpc) is 0.843. The Morgan fingerprint density at radius 1 is 0.205 bits per heavy atom. The van der Waals surface area contributed by atoms with Gasteiger partial charge in [-0.25, -0.2) is 0 Å². The van der Waals surface area contributed by atoms with Crippen molar-refractivity contribution in [1.82, 2.24) is 0 Å². The van der Waals surface area contributed by atoms with Gasteiger partial charge < -0.3 is 37.9 Å². The molecule has 0 unspecified atom stereocenters. The zero-order chi connectivity index (χ0) is 88.4. The Kier molecular flexibility index (Phi) is 48.4. The molecule has 0 aromatic heterocycles. The molecule has 0 heterocycles. The number of para-hydroxylation sites is 2. The second kappa shape index (κ2) is 54.3. The second-order valence-electron chi connectivity index (χ2n) is 24.3. The van der Waals surface area contributed by atoms with Crippen LogP contribution in [0.25, 0.3) is 0 Å². The van der Waals surface area contributed by atoms with Gasteiger partial charge in [0, 0.05) is 0 Å². The van der Waals surface area contributed by atoms with Crippen molar-refractivity contribution in [3.8, 4) is 46.0 Å². The highest BCUT2D eigenvalue weighted by molar-refractivity contribution is 5.43. The standard InChI is InChI=1S/C10H14O2.3C9H9F3O.3C9H9F3.3C9H12O/c1-4-8-5-6-9(11-2)10(7-8)12-3;1-2-7-3-5-8(6-4-7)13-9(10,11)12;1-2-7-4-3-5-8(6-7)13-9(10,11)12;1-2-7-5-3-4-6-8(7)13-9(10,11)12;1-2-7-3-5-8(6-4-7)9(10,11)12;1-2-7-4-3-5-8(6-7)9(10,11)12;1-2-7-5-3-4-6-8(7)9(10,11)12;1-3-8-4-6-9(10-2)7-5-8;1-3-8-5-4-6-9(7-8)10-2;1-3-8-6-4-5-7-9(8)10-2/h5-7H,4H2,1-3H3;3*3-6H,2H2,1H3;3*3-6H,2H2,1H3;3*4-7H,3H2,1-2H3. The maximum atomic E-state index is 12.2. The Hall–Kier alpha value is -10.7. The quantitative estimate of drug-likeness (QED) is 0.0787. The molecule has 26 heteroatoms. The number of hydrogen-bond acceptors (Lipinski definition) is 8. The third kappa shape index (κ3) is 44.9. The summed E-state index contributed by atoms with van der Waals surface area (Å²) < 4.78 is 252. The van der Waals surface area contributed by atoms with Crippen LogP contribution in [0, 0.1) is 0 Å². The topological polar surface area (TPSA) is 73.8 Å². The minimum Gasteiger partial charge on any atom is -0.497 e. The highest BCUT2D eigenvalue weighted by Crippen LogP contribution is 2.35. The molecule has 0 saturated heterocycles. The highest BCUT2D eigenvalue weighted by atomic mass is 19.4. The summed E-state index contributed by atoms with van der Waals surface area (Å²) in [6.45, 7) is 19.5. The molecule has 10 aromatic rings. The Balaban J connectivity index is 0.000000651. The van der Waals surface area contributed by atoms with Crippen LogP contribution in [0.5, 0.6) is 46.0 Å². The van der Waals surface area contributed by atoms with E-state index in [9.17, 15) is 79.0 Å². The van der Waals surface area contributed by atoms with Crippen molar-refractivity contribution in [3.05, 3.63) is 309 Å². The van der Waals surface area contributed by atoms with Gasteiger partial charge >= 0.3 is 37.6 Å². The van der Waals surface area contributed by atoms with E-state index in [4.69, 9.17) is 23.7 Å². The predicted octanol–water partition coefficient (Wildman–Crippen LogP) is 28.3. The summed E-state index contributed by atoms with van der Waals surface area (Å²) >= 11 is 0. The van der Waals surface area contributed by atoms with Gasteiger partial charge in [0.25, 0.3) is 0 Å². The first kappa shape index (κ1) is 104. The van der Waals surface area contributed by atoms with Crippen LogP contribution in [0.4, 0.5) is 79.0 Å². The summed E-state index contributed by atoms with van der Waals surface area (Å²) in [5.74, 6) is 4.00. The zero-order valence-corrected chi connectivity index (χ0v) is 68.2. The molecular formula is C91H104F18O8. The van der Waals surface area contributed by atoms with Crippen LogP contribution in [-0.4, -0.2) is 54.6 Å². The number of benzene rings is 10. The number of rotatable bonds is 18. The number of alkyl halides is 18. The zero-order valence-electron chi connectivity index (χ0n) is 68.2. The van der Waals surface area contributed by atoms with Gasteiger partial charge in [0.2, 0.25) is 0 Å². The van der Waals surface area contributed by atoms with E-state index in [2.05, 4.69) is 72.2 Å². The van der Waals surface area contributed by atoms with Gasteiger partial charge in [0.05, 0.1) is 52.2 Å². The monoisotopic (exact) mass is 1670 g/mol. The summed E-state index contributed by atoms with van der Waals surface area (Å²) in [5, 5.41) is 0. The molecule has 0 aliphatic carbocycles. The molecule has 0 N–H and O–H groups in total. The minimum absolute atomic E-state index is 0.113. The Morgan fingerprint density at radius 3 is 0.915 bits per heavy atom. The predicted molar refractivity (Wildman–Crippen MR) is 426 cm³/mol. The summed E-state index contributed by atoms with van der Waals surface area (Å²) in [7, 11) is 8.37. The van der Waals surface area contributed by atoms with Gasteiger partial charge in [-0.05, 0) is 217 Å². The van der Waals surface area contributed by atoms with E-state index in [0.717, 1.165) is 108 Å². The largest absolute Gasteiger partial charge is 0.573 e. The molecule has 0 bridgehead atoms. The van der Waals surface area contributed by atoms with E-state index in [1.165, 1.54) is 95.1 Å². The van der Waals surface area contributed by atoms with Crippen molar-refractivity contribution < 1.29 is 117 Å². The number of hydrogen-bond donors (Lipinski definition) is 0. The lowest BCUT2D eigenvalue weighted by Crippen LogP contribution is -2.17. The van der Waals surface area contributed by atoms with Crippen molar-refractivity contribution in [2.45, 2.75) is 171 Å². The minimum atomic E-state index is -4.61. The molecule has 0 aliphatic heterocycles. The van der Waals surface area contributed by atoms with E-state index in [1.54, 1.807) is 97.9 Å². The van der Waals surface area contributed by atoms with Crippen molar-refractivity contribution >= 4 is 0 Å². The number of aryl methyl sites for hydroxylation is 10. The summed E-state index contributed by atoms with van der Waals surface area (Å²) in [5.41, 5.74) is 7.86. The van der Waals surface area contributed by atoms with Crippen LogP contribution in [0.15, 0.2) is 237 Å². The molecule has 0 saturated carbocycles. The lowest BCUT2D eigenvalue weighted by Gasteiger charge is -2.11. The number of methoxy groups -OCH3 is 5. The molecule has 10 rings (SSSR count). The summed E-state index contributed by atoms with van der Waals surface area (Å²) in [6.07, 6.45) is -18.5. The van der Waals surface area contributed by atoms with Crippen LogP contribution < -0.4 is 37.9 Å². The van der Waals surface area contributed by atoms with Gasteiger partial charge in [-0.3, -0.25) is 0 Å². The van der Waals surface area contributed by atoms with E-state index >= 15 is 0 Å². The maximum Gasteiger partial charge on any atom is 0.573 e. The molecule has 0 fully saturated rings. The molecule has 0 amide bonds. The normalized spacial score (nSPS) is 10.8. The van der Waals surface area contributed by atoms with Gasteiger partial charge in [-0.15, -0.1) is 39.5 Å². The van der Waals surface area contributed by atoms with Crippen LogP contribution in [-0.2, 0) is 82.7 Å². The second-order valence-corrected chi connectivity index (χ2v) is 24.3. The van der Waals surface area contributed by atoms with E-state index in [-0.39, 0.29) is 17.2 Å². The smallest absolute Gasteiger partial charge is 0.497 e. The summed E-state index contributed by atoms with van der Waals surface area (Å²) in [4.78, 5) is 0. The lowest BCUT2D eigenvalue weighted by atomic mass is 10.1. The van der Waals surface area contributed by atoms with E-state index in [0.29, 0.717) is 42.4 Å². The number of halogens is 18. The first-order valence-corrected chi connectivity index (χ1v) is 37.2. The molecule has 642 valence electrons. The van der Waals surface area contributed by atoms with E-state index < -0.39 is 54.3 Å². The number of ether oxygens (including phenoxy) is 8.